The molecular formula is C24H29BrN4O2. The predicted octanol–water partition coefficient (Wildman–Crippen LogP) is 3.48. The maximum atomic E-state index is 13.2. The van der Waals surface area contributed by atoms with Gasteiger partial charge in [-0.2, -0.15) is 0 Å². The first-order chi connectivity index (χ1) is 15.1. The van der Waals surface area contributed by atoms with Gasteiger partial charge in [-0.1, -0.05) is 34.8 Å². The molecule has 2 heterocycles. The third-order valence-electron chi connectivity index (χ3n) is 6.40. The normalized spacial score (nSPS) is 18.7. The van der Waals surface area contributed by atoms with Gasteiger partial charge in [-0.25, -0.2) is 0 Å². The lowest BCUT2D eigenvalue weighted by Crippen LogP contribution is -2.57. The van der Waals surface area contributed by atoms with Crippen LogP contribution in [0.25, 0.3) is 0 Å². The lowest BCUT2D eigenvalue weighted by atomic mass is 9.94. The molecule has 2 aromatic rings. The lowest BCUT2D eigenvalue weighted by Gasteiger charge is -2.40. The van der Waals surface area contributed by atoms with Crippen molar-refractivity contribution in [2.45, 2.75) is 38.3 Å². The van der Waals surface area contributed by atoms with E-state index < -0.39 is 0 Å². The van der Waals surface area contributed by atoms with Crippen molar-refractivity contribution in [2.75, 3.05) is 26.2 Å². The van der Waals surface area contributed by atoms with E-state index in [1.165, 1.54) is 12.8 Å². The molecule has 1 N–H and O–H groups in total. The van der Waals surface area contributed by atoms with Gasteiger partial charge < -0.3 is 10.2 Å². The van der Waals surface area contributed by atoms with Crippen molar-refractivity contribution < 1.29 is 9.59 Å². The number of rotatable bonds is 6. The van der Waals surface area contributed by atoms with E-state index in [1.54, 1.807) is 12.4 Å². The molecule has 1 aliphatic heterocycles. The van der Waals surface area contributed by atoms with Gasteiger partial charge in [0.25, 0.3) is 5.91 Å². The number of nitrogens with zero attached hydrogens (tertiary/aromatic N) is 3. The molecule has 31 heavy (non-hydrogen) atoms. The first-order valence-electron chi connectivity index (χ1n) is 11.1. The number of nitrogens with one attached hydrogen (secondary N) is 1. The monoisotopic (exact) mass is 484 g/mol. The molecule has 1 unspecified atom stereocenters. The smallest absolute Gasteiger partial charge is 0.253 e. The van der Waals surface area contributed by atoms with Gasteiger partial charge in [0.15, 0.2) is 0 Å². The topological polar surface area (TPSA) is 65.5 Å². The third kappa shape index (κ3) is 5.52. The number of hydrogen-bond acceptors (Lipinski definition) is 4. The Kier molecular flexibility index (Phi) is 7.35. The average Bonchev–Trinajstić information content (AvgIpc) is 3.33. The summed E-state index contributed by atoms with van der Waals surface area (Å²) in [6, 6.07) is 11.3. The van der Waals surface area contributed by atoms with Crippen LogP contribution in [0.5, 0.6) is 0 Å². The molecule has 1 saturated heterocycles. The molecule has 2 amide bonds. The molecule has 1 saturated carbocycles. The second kappa shape index (κ2) is 10.4. The molecule has 0 spiro atoms. The van der Waals surface area contributed by atoms with Gasteiger partial charge in [0.05, 0.1) is 6.04 Å². The number of hydrogen-bond donors (Lipinski definition) is 1. The van der Waals surface area contributed by atoms with E-state index in [0.29, 0.717) is 31.1 Å². The summed E-state index contributed by atoms with van der Waals surface area (Å²) in [5.41, 5.74) is 1.75. The maximum Gasteiger partial charge on any atom is 0.253 e. The van der Waals surface area contributed by atoms with Crippen molar-refractivity contribution in [3.8, 4) is 0 Å². The van der Waals surface area contributed by atoms with E-state index in [2.05, 4.69) is 31.1 Å². The predicted molar refractivity (Wildman–Crippen MR) is 123 cm³/mol. The fraction of sp³-hybridized carbons (Fsp3) is 0.458. The average molecular weight is 485 g/mol. The van der Waals surface area contributed by atoms with Crippen LogP contribution in [0.4, 0.5) is 0 Å². The zero-order valence-corrected chi connectivity index (χ0v) is 19.3. The summed E-state index contributed by atoms with van der Waals surface area (Å²) < 4.78 is 0.907. The number of halogens is 1. The van der Waals surface area contributed by atoms with Crippen LogP contribution in [0, 0.1) is 5.92 Å². The SMILES string of the molecule is O=C(NCc1ccncc1)C(C1CCCC1)N1CCN(C(=O)c2cccc(Br)c2)CC1. The Morgan fingerprint density at radius 3 is 2.45 bits per heavy atom. The highest BCUT2D eigenvalue weighted by molar-refractivity contribution is 9.10. The fourth-order valence-electron chi connectivity index (χ4n) is 4.75. The highest BCUT2D eigenvalue weighted by Crippen LogP contribution is 2.31. The number of carbonyl (C=O) groups is 2. The van der Waals surface area contributed by atoms with E-state index in [-0.39, 0.29) is 17.9 Å². The van der Waals surface area contributed by atoms with Crippen molar-refractivity contribution in [2.24, 2.45) is 5.92 Å². The number of aromatic nitrogens is 1. The van der Waals surface area contributed by atoms with E-state index in [1.807, 2.05) is 41.3 Å². The molecule has 0 bridgehead atoms. The van der Waals surface area contributed by atoms with E-state index >= 15 is 0 Å². The Hall–Kier alpha value is -2.25. The second-order valence-electron chi connectivity index (χ2n) is 8.40. The fourth-order valence-corrected chi connectivity index (χ4v) is 5.15. The van der Waals surface area contributed by atoms with Crippen molar-refractivity contribution in [3.05, 3.63) is 64.4 Å². The number of piperazine rings is 1. The zero-order valence-electron chi connectivity index (χ0n) is 17.7. The van der Waals surface area contributed by atoms with Crippen molar-refractivity contribution in [3.63, 3.8) is 0 Å². The van der Waals surface area contributed by atoms with Crippen LogP contribution >= 0.6 is 15.9 Å². The first-order valence-corrected chi connectivity index (χ1v) is 11.9. The molecule has 1 atom stereocenters. The molecule has 7 heteroatoms. The maximum absolute atomic E-state index is 13.2. The molecule has 6 nitrogen and oxygen atoms in total. The largest absolute Gasteiger partial charge is 0.351 e. The van der Waals surface area contributed by atoms with Crippen LogP contribution in [-0.4, -0.2) is 58.8 Å². The summed E-state index contributed by atoms with van der Waals surface area (Å²) in [5.74, 6) is 0.556. The molecule has 1 aromatic heterocycles. The van der Waals surface area contributed by atoms with Crippen LogP contribution in [0.1, 0.15) is 41.6 Å². The molecular weight excluding hydrogens is 456 g/mol. The number of pyridine rings is 1. The quantitative estimate of drug-likeness (QED) is 0.681. The molecule has 1 aliphatic carbocycles. The Bertz CT molecular complexity index is 893. The van der Waals surface area contributed by atoms with Crippen molar-refractivity contribution in [1.82, 2.24) is 20.1 Å². The van der Waals surface area contributed by atoms with Gasteiger partial charge in [0.1, 0.15) is 0 Å². The summed E-state index contributed by atoms with van der Waals surface area (Å²) in [6.07, 6.45) is 8.09. The Morgan fingerprint density at radius 1 is 1.06 bits per heavy atom. The molecule has 2 fully saturated rings. The van der Waals surface area contributed by atoms with Crippen molar-refractivity contribution in [1.29, 1.82) is 0 Å². The number of benzene rings is 1. The Labute approximate surface area is 192 Å². The van der Waals surface area contributed by atoms with E-state index in [4.69, 9.17) is 0 Å². The molecule has 0 radical (unpaired) electrons. The summed E-state index contributed by atoms with van der Waals surface area (Å²) in [6.45, 7) is 3.26. The van der Waals surface area contributed by atoms with E-state index in [0.717, 1.165) is 36.0 Å². The van der Waals surface area contributed by atoms with Crippen LogP contribution in [0.15, 0.2) is 53.3 Å². The minimum atomic E-state index is -0.118. The summed E-state index contributed by atoms with van der Waals surface area (Å²) in [5, 5.41) is 3.15. The highest BCUT2D eigenvalue weighted by atomic mass is 79.9. The van der Waals surface area contributed by atoms with Crippen LogP contribution in [-0.2, 0) is 11.3 Å². The first kappa shape index (κ1) is 22.0. The Balaban J connectivity index is 1.39. The minimum absolute atomic E-state index is 0.0560. The summed E-state index contributed by atoms with van der Waals surface area (Å²) >= 11 is 3.44. The molecule has 2 aliphatic rings. The third-order valence-corrected chi connectivity index (χ3v) is 6.89. The summed E-state index contributed by atoms with van der Waals surface area (Å²) in [4.78, 5) is 34.3. The van der Waals surface area contributed by atoms with Gasteiger partial charge in [0, 0.05) is 55.2 Å². The summed E-state index contributed by atoms with van der Waals surface area (Å²) in [7, 11) is 0. The lowest BCUT2D eigenvalue weighted by molar-refractivity contribution is -0.129. The number of carbonyl (C=O) groups excluding carboxylic acids is 2. The van der Waals surface area contributed by atoms with Crippen LogP contribution in [0.3, 0.4) is 0 Å². The Morgan fingerprint density at radius 2 is 1.77 bits per heavy atom. The van der Waals surface area contributed by atoms with Gasteiger partial charge in [-0.05, 0) is 54.7 Å². The van der Waals surface area contributed by atoms with Gasteiger partial charge in [0.2, 0.25) is 5.91 Å². The van der Waals surface area contributed by atoms with Crippen LogP contribution in [0.2, 0.25) is 0 Å². The molecule has 4 rings (SSSR count). The van der Waals surface area contributed by atoms with Gasteiger partial charge in [-0.15, -0.1) is 0 Å². The van der Waals surface area contributed by atoms with Gasteiger partial charge >= 0.3 is 0 Å². The van der Waals surface area contributed by atoms with Gasteiger partial charge in [-0.3, -0.25) is 19.5 Å². The highest BCUT2D eigenvalue weighted by Gasteiger charge is 2.37. The second-order valence-corrected chi connectivity index (χ2v) is 9.32. The minimum Gasteiger partial charge on any atom is -0.351 e. The number of amides is 2. The van der Waals surface area contributed by atoms with Crippen molar-refractivity contribution >= 4 is 27.7 Å². The van der Waals surface area contributed by atoms with Crippen LogP contribution < -0.4 is 5.32 Å². The zero-order chi connectivity index (χ0) is 21.6. The molecule has 164 valence electrons. The standard InChI is InChI=1S/C24H29BrN4O2/c25-21-7-3-6-20(16-21)24(31)29-14-12-28(13-15-29)22(19-4-1-2-5-19)23(30)27-17-18-8-10-26-11-9-18/h3,6-11,16,19,22H,1-2,4-5,12-15,17H2,(H,27,30). The molecule has 1 aromatic carbocycles. The van der Waals surface area contributed by atoms with E-state index in [9.17, 15) is 9.59 Å².